The molecule has 1 amide bonds. The van der Waals surface area contributed by atoms with E-state index in [9.17, 15) is 9.59 Å². The minimum Gasteiger partial charge on any atom is -0.493 e. The van der Waals surface area contributed by atoms with Crippen molar-refractivity contribution < 1.29 is 14.3 Å². The Morgan fingerprint density at radius 3 is 2.45 bits per heavy atom. The van der Waals surface area contributed by atoms with Gasteiger partial charge in [0.25, 0.3) is 5.56 Å². The zero-order valence-corrected chi connectivity index (χ0v) is 17.9. The number of nitrogens with one attached hydrogen (secondary N) is 1. The van der Waals surface area contributed by atoms with Crippen molar-refractivity contribution in [1.82, 2.24) is 19.5 Å². The molecule has 0 fully saturated rings. The maximum Gasteiger partial charge on any atom is 0.273 e. The van der Waals surface area contributed by atoms with Crippen LogP contribution in [0.2, 0.25) is 0 Å². The molecule has 2 aromatic carbocycles. The van der Waals surface area contributed by atoms with Crippen LogP contribution in [0, 0.1) is 6.92 Å². The van der Waals surface area contributed by atoms with Gasteiger partial charge in [0.2, 0.25) is 5.91 Å². The monoisotopic (exact) mass is 420 g/mol. The number of fused-ring (bicyclic) bond motifs is 3. The largest absolute Gasteiger partial charge is 0.493 e. The van der Waals surface area contributed by atoms with E-state index in [0.29, 0.717) is 33.7 Å². The average molecular weight is 420 g/mol. The minimum absolute atomic E-state index is 0.0397. The van der Waals surface area contributed by atoms with E-state index in [4.69, 9.17) is 9.47 Å². The molecule has 2 heterocycles. The molecule has 0 aliphatic rings. The second-order valence-corrected chi connectivity index (χ2v) is 7.35. The zero-order valence-electron chi connectivity index (χ0n) is 17.9. The first-order valence-corrected chi connectivity index (χ1v) is 9.92. The van der Waals surface area contributed by atoms with Crippen LogP contribution in [-0.4, -0.2) is 34.3 Å². The number of ether oxygens (including phenoxy) is 2. The van der Waals surface area contributed by atoms with Crippen LogP contribution in [-0.2, 0) is 11.3 Å². The molecule has 4 aromatic rings. The fourth-order valence-electron chi connectivity index (χ4n) is 3.84. The molecule has 4 rings (SSSR count). The molecule has 2 aromatic heterocycles. The molecule has 1 N–H and O–H groups in total. The topological polar surface area (TPSA) is 86.9 Å². The molecular weight excluding hydrogens is 396 g/mol. The van der Waals surface area contributed by atoms with Crippen molar-refractivity contribution in [3.63, 3.8) is 0 Å². The summed E-state index contributed by atoms with van der Waals surface area (Å²) in [5.41, 5.74) is 2.53. The fraction of sp³-hybridized carbons (Fsp3) is 0.261. The lowest BCUT2D eigenvalue weighted by molar-refractivity contribution is -0.122. The van der Waals surface area contributed by atoms with Crippen molar-refractivity contribution in [3.05, 3.63) is 70.1 Å². The summed E-state index contributed by atoms with van der Waals surface area (Å²) in [6.45, 7) is 3.79. The molecule has 0 bridgehead atoms. The lowest BCUT2D eigenvalue weighted by atomic mass is 10.1. The molecule has 0 aliphatic carbocycles. The number of carbonyl (C=O) groups excluding carboxylic acids is 1. The molecule has 8 nitrogen and oxygen atoms in total. The van der Waals surface area contributed by atoms with E-state index in [1.54, 1.807) is 35.5 Å². The standard InChI is InChI=1S/C23H24N4O4/c1-14-10-21(28)25-23-17-11-19(30-3)20(31-4)12-18(17)26(27(14)23)13-22(29)24-15(2)16-8-6-5-7-9-16/h5-12,15H,13H2,1-4H3,(H,24,29). The number of rotatable bonds is 6. The van der Waals surface area contributed by atoms with Gasteiger partial charge in [-0.15, -0.1) is 0 Å². The molecule has 0 radical (unpaired) electrons. The highest BCUT2D eigenvalue weighted by Gasteiger charge is 2.20. The smallest absolute Gasteiger partial charge is 0.273 e. The Labute approximate surface area is 179 Å². The molecular formula is C23H24N4O4. The molecule has 0 spiro atoms. The Morgan fingerprint density at radius 1 is 1.10 bits per heavy atom. The summed E-state index contributed by atoms with van der Waals surface area (Å²) in [4.78, 5) is 29.2. The summed E-state index contributed by atoms with van der Waals surface area (Å²) in [6.07, 6.45) is 0. The third-order valence-electron chi connectivity index (χ3n) is 5.32. The number of hydrogen-bond donors (Lipinski definition) is 1. The Hall–Kier alpha value is -3.81. The molecule has 1 atom stereocenters. The van der Waals surface area contributed by atoms with E-state index >= 15 is 0 Å². The summed E-state index contributed by atoms with van der Waals surface area (Å²) in [5.74, 6) is 0.883. The summed E-state index contributed by atoms with van der Waals surface area (Å²) in [7, 11) is 3.10. The Bertz CT molecular complexity index is 1320. The molecule has 31 heavy (non-hydrogen) atoms. The van der Waals surface area contributed by atoms with Gasteiger partial charge in [-0.05, 0) is 25.5 Å². The first-order valence-electron chi connectivity index (χ1n) is 9.92. The van der Waals surface area contributed by atoms with Gasteiger partial charge < -0.3 is 14.8 Å². The maximum atomic E-state index is 13.0. The second kappa shape index (κ2) is 8.14. The number of aryl methyl sites for hydroxylation is 1. The van der Waals surface area contributed by atoms with E-state index in [2.05, 4.69) is 10.3 Å². The van der Waals surface area contributed by atoms with Gasteiger partial charge in [0.05, 0.1) is 25.8 Å². The van der Waals surface area contributed by atoms with Gasteiger partial charge in [0, 0.05) is 23.2 Å². The summed E-state index contributed by atoms with van der Waals surface area (Å²) < 4.78 is 14.4. The van der Waals surface area contributed by atoms with Crippen molar-refractivity contribution in [2.45, 2.75) is 26.4 Å². The summed E-state index contributed by atoms with van der Waals surface area (Å²) >= 11 is 0. The van der Waals surface area contributed by atoms with Crippen LogP contribution in [0.25, 0.3) is 16.6 Å². The van der Waals surface area contributed by atoms with Crippen molar-refractivity contribution in [1.29, 1.82) is 0 Å². The highest BCUT2D eigenvalue weighted by Crippen LogP contribution is 2.34. The number of carbonyl (C=O) groups is 1. The van der Waals surface area contributed by atoms with Crippen molar-refractivity contribution in [3.8, 4) is 11.5 Å². The van der Waals surface area contributed by atoms with Crippen LogP contribution >= 0.6 is 0 Å². The third kappa shape index (κ3) is 3.72. The van der Waals surface area contributed by atoms with Gasteiger partial charge in [-0.25, -0.2) is 4.52 Å². The average Bonchev–Trinajstić information content (AvgIpc) is 3.05. The van der Waals surface area contributed by atoms with Gasteiger partial charge in [0.1, 0.15) is 6.54 Å². The lowest BCUT2D eigenvalue weighted by Gasteiger charge is -2.16. The van der Waals surface area contributed by atoms with Gasteiger partial charge in [0.15, 0.2) is 17.1 Å². The summed E-state index contributed by atoms with van der Waals surface area (Å²) in [6, 6.07) is 14.6. The van der Waals surface area contributed by atoms with Crippen molar-refractivity contribution >= 4 is 22.5 Å². The number of amides is 1. The molecule has 0 saturated carbocycles. The first kappa shape index (κ1) is 20.5. The highest BCUT2D eigenvalue weighted by atomic mass is 16.5. The Kier molecular flexibility index (Phi) is 5.37. The number of nitrogens with zero attached hydrogens (tertiary/aromatic N) is 3. The first-order chi connectivity index (χ1) is 14.9. The van der Waals surface area contributed by atoms with Crippen LogP contribution in [0.15, 0.2) is 53.3 Å². The van der Waals surface area contributed by atoms with E-state index in [-0.39, 0.29) is 24.1 Å². The molecule has 1 unspecified atom stereocenters. The lowest BCUT2D eigenvalue weighted by Crippen LogP contribution is -2.31. The SMILES string of the molecule is COc1cc2c(cc1OC)n(CC(=O)NC(C)c1ccccc1)n1c(C)cc(=O)nc21. The minimum atomic E-state index is -0.339. The fourth-order valence-corrected chi connectivity index (χ4v) is 3.84. The Morgan fingerprint density at radius 2 is 1.77 bits per heavy atom. The van der Waals surface area contributed by atoms with Crippen LogP contribution in [0.4, 0.5) is 0 Å². The van der Waals surface area contributed by atoms with Crippen molar-refractivity contribution in [2.24, 2.45) is 0 Å². The van der Waals surface area contributed by atoms with E-state index in [1.807, 2.05) is 44.2 Å². The Balaban J connectivity index is 1.81. The van der Waals surface area contributed by atoms with Crippen LogP contribution < -0.4 is 20.3 Å². The normalized spacial score (nSPS) is 12.1. The maximum absolute atomic E-state index is 13.0. The molecule has 0 saturated heterocycles. The van der Waals surface area contributed by atoms with Crippen LogP contribution in [0.3, 0.4) is 0 Å². The number of aromatic nitrogens is 3. The molecule has 0 aliphatic heterocycles. The summed E-state index contributed by atoms with van der Waals surface area (Å²) in [5, 5.41) is 3.73. The van der Waals surface area contributed by atoms with Gasteiger partial charge in [-0.1, -0.05) is 30.3 Å². The predicted octanol–water partition coefficient (Wildman–Crippen LogP) is 2.85. The van der Waals surface area contributed by atoms with Gasteiger partial charge >= 0.3 is 0 Å². The molecule has 160 valence electrons. The zero-order chi connectivity index (χ0) is 22.1. The number of benzene rings is 2. The van der Waals surface area contributed by atoms with Crippen molar-refractivity contribution in [2.75, 3.05) is 14.2 Å². The van der Waals surface area contributed by atoms with E-state index in [1.165, 1.54) is 6.07 Å². The highest BCUT2D eigenvalue weighted by molar-refractivity contribution is 5.96. The van der Waals surface area contributed by atoms with E-state index < -0.39 is 0 Å². The van der Waals surface area contributed by atoms with Gasteiger partial charge in [-0.2, -0.15) is 4.98 Å². The molecule has 8 heteroatoms. The van der Waals surface area contributed by atoms with E-state index in [0.717, 1.165) is 5.56 Å². The van der Waals surface area contributed by atoms with Gasteiger partial charge in [-0.3, -0.25) is 14.3 Å². The van der Waals surface area contributed by atoms with Crippen LogP contribution in [0.5, 0.6) is 11.5 Å². The third-order valence-corrected chi connectivity index (χ3v) is 5.32. The quantitative estimate of drug-likeness (QED) is 0.518. The van der Waals surface area contributed by atoms with Crippen LogP contribution in [0.1, 0.15) is 24.2 Å². The predicted molar refractivity (Wildman–Crippen MR) is 118 cm³/mol. The number of hydrogen-bond acceptors (Lipinski definition) is 5. The number of methoxy groups -OCH3 is 2. The second-order valence-electron chi connectivity index (χ2n) is 7.35.